The molecule has 27 nitrogen and oxygen atoms in total. The summed E-state index contributed by atoms with van der Waals surface area (Å²) in [5, 5.41) is 29.5. The van der Waals surface area contributed by atoms with Gasteiger partial charge in [0.25, 0.3) is 17.7 Å². The van der Waals surface area contributed by atoms with Crippen LogP contribution in [0.25, 0.3) is 0 Å². The lowest BCUT2D eigenvalue weighted by Gasteiger charge is -2.15. The second kappa shape index (κ2) is 24.5. The van der Waals surface area contributed by atoms with Gasteiger partial charge in [-0.1, -0.05) is 0 Å². The molecule has 6 bridgehead atoms. The van der Waals surface area contributed by atoms with E-state index in [2.05, 4.69) is 45.9 Å². The van der Waals surface area contributed by atoms with E-state index in [0.717, 1.165) is 18.8 Å². The molecule has 36 heteroatoms. The smallest absolute Gasteiger partial charge is 0.475 e. The van der Waals surface area contributed by atoms with E-state index in [9.17, 15) is 53.9 Å². The van der Waals surface area contributed by atoms with E-state index in [0.29, 0.717) is 0 Å². The number of rotatable bonds is 9. The summed E-state index contributed by atoms with van der Waals surface area (Å²) >= 11 is 0. The number of nitrogens with two attached hydrogens (primary N) is 6. The van der Waals surface area contributed by atoms with Crippen molar-refractivity contribution in [2.75, 3.05) is 19.6 Å². The lowest BCUT2D eigenvalue weighted by molar-refractivity contribution is -0.193. The van der Waals surface area contributed by atoms with E-state index in [1.807, 2.05) is 0 Å². The SMILES string of the molecule is NC(N)=NCC[C@@H]1NC(=O)c2coc(n2)[C@H](CCN=C(N)N)NC(=O)c2coc(n2)[C@H](CCN=C(N)N)NC(=O)c2coc1n2.O=C(O)C(F)(F)F.O=C(O)C(F)(F)F.O=C(O)C(F)(F)F. The number of hydrogen-bond donors (Lipinski definition) is 12. The van der Waals surface area contributed by atoms with E-state index in [1.54, 1.807) is 0 Å². The van der Waals surface area contributed by atoms with Crippen molar-refractivity contribution in [3.63, 3.8) is 0 Å². The maximum Gasteiger partial charge on any atom is 0.490 e. The predicted octanol–water partition coefficient (Wildman–Crippen LogP) is -0.732. The second-order valence-electron chi connectivity index (χ2n) is 12.0. The number of amides is 3. The molecule has 3 atom stereocenters. The Balaban J connectivity index is 0.000000855. The Morgan fingerprint density at radius 1 is 0.500 bits per heavy atom. The van der Waals surface area contributed by atoms with Gasteiger partial charge in [-0.2, -0.15) is 39.5 Å². The molecule has 0 spiro atoms. The first kappa shape index (κ1) is 55.6. The Morgan fingerprint density at radius 2 is 0.697 bits per heavy atom. The third-order valence-electron chi connectivity index (χ3n) is 6.94. The third kappa shape index (κ3) is 20.2. The van der Waals surface area contributed by atoms with Gasteiger partial charge in [-0.15, -0.1) is 0 Å². The van der Waals surface area contributed by atoms with Crippen molar-refractivity contribution in [3.8, 4) is 0 Å². The van der Waals surface area contributed by atoms with Gasteiger partial charge in [-0.05, 0) is 19.3 Å². The predicted molar refractivity (Wildman–Crippen MR) is 197 cm³/mol. The van der Waals surface area contributed by atoms with E-state index < -0.39 is 72.3 Å². The monoisotopic (exact) mass is 969 g/mol. The van der Waals surface area contributed by atoms with Crippen LogP contribution >= 0.6 is 0 Å². The van der Waals surface area contributed by atoms with Gasteiger partial charge in [-0.25, -0.2) is 29.3 Å². The van der Waals surface area contributed by atoms with Crippen LogP contribution in [0.2, 0.25) is 0 Å². The highest BCUT2D eigenvalue weighted by Gasteiger charge is 2.39. The minimum atomic E-state index is -5.08. The van der Waals surface area contributed by atoms with Gasteiger partial charge in [0.15, 0.2) is 35.0 Å². The zero-order valence-corrected chi connectivity index (χ0v) is 32.8. The Kier molecular flexibility index (Phi) is 20.6. The molecule has 0 unspecified atom stereocenters. The number of guanidine groups is 3. The number of fused-ring (bicyclic) bond motifs is 6. The number of alkyl halides is 9. The van der Waals surface area contributed by atoms with Crippen molar-refractivity contribution < 1.29 is 96.9 Å². The van der Waals surface area contributed by atoms with Gasteiger partial charge in [-0.3, -0.25) is 29.4 Å². The van der Waals surface area contributed by atoms with E-state index in [4.69, 9.17) is 77.4 Å². The summed E-state index contributed by atoms with van der Waals surface area (Å²) in [6.45, 7) is 0.249. The van der Waals surface area contributed by atoms with E-state index in [-0.39, 0.29) is 91.5 Å². The summed E-state index contributed by atoms with van der Waals surface area (Å²) in [5.41, 5.74) is 32.3. The molecular weight excluding hydrogens is 933 g/mol. The molecule has 1 aliphatic rings. The standard InChI is InChI=1S/C24H33N15O6.3C2HF3O2/c25-22(26)31-4-1-10-19-37-14(7-43-19)17(41)35-12(3-6-33-24(29)30)21-39-15(9-45-21)18(42)36-11(2-5-32-23(27)28)20-38-13(8-44-20)16(40)34-10;3*3-2(4,5)1(6)7/h7-12H,1-6H2,(H,34,40)(H,35,41)(H,36,42)(H4,25,26,31)(H4,27,28,32)(H4,29,30,33);3*(H,6,7)/t10-,11-,12-;;;/m0.../s1. The molecule has 366 valence electrons. The highest BCUT2D eigenvalue weighted by Crippen LogP contribution is 2.23. The Labute approximate surface area is 359 Å². The molecule has 0 fully saturated rings. The first-order valence-electron chi connectivity index (χ1n) is 17.2. The van der Waals surface area contributed by atoms with Gasteiger partial charge >= 0.3 is 36.4 Å². The summed E-state index contributed by atoms with van der Waals surface area (Å²) in [6.07, 6.45) is -11.5. The van der Waals surface area contributed by atoms with Crippen LogP contribution < -0.4 is 50.4 Å². The van der Waals surface area contributed by atoms with Crippen molar-refractivity contribution in [2.45, 2.75) is 55.9 Å². The Morgan fingerprint density at radius 3 is 0.864 bits per heavy atom. The molecule has 66 heavy (non-hydrogen) atoms. The number of aromatic nitrogens is 3. The minimum Gasteiger partial charge on any atom is -0.475 e. The summed E-state index contributed by atoms with van der Waals surface area (Å²) in [7, 11) is 0. The topological polar surface area (TPSA) is 470 Å². The highest BCUT2D eigenvalue weighted by molar-refractivity contribution is 5.94. The van der Waals surface area contributed by atoms with Crippen LogP contribution in [-0.2, 0) is 14.4 Å². The summed E-state index contributed by atoms with van der Waals surface area (Å²) in [6, 6.07) is -2.69. The molecule has 0 saturated carbocycles. The van der Waals surface area contributed by atoms with Gasteiger partial charge in [0.1, 0.15) is 36.9 Å². The van der Waals surface area contributed by atoms with Crippen molar-refractivity contribution in [1.82, 2.24) is 30.9 Å². The second-order valence-corrected chi connectivity index (χ2v) is 12.0. The number of aliphatic carboxylic acids is 3. The van der Waals surface area contributed by atoms with Gasteiger partial charge in [0, 0.05) is 19.6 Å². The first-order valence-corrected chi connectivity index (χ1v) is 17.2. The molecule has 3 aromatic heterocycles. The number of nitrogens with zero attached hydrogens (tertiary/aromatic N) is 6. The number of carboxylic acid groups (broad SMARTS) is 3. The molecule has 0 aliphatic carbocycles. The fraction of sp³-hybridized carbons (Fsp3) is 0.400. The lowest BCUT2D eigenvalue weighted by Crippen LogP contribution is -2.32. The number of halogens is 9. The van der Waals surface area contributed by atoms with Gasteiger partial charge in [0.05, 0.1) is 0 Å². The molecule has 3 amide bonds. The molecule has 0 radical (unpaired) electrons. The maximum absolute atomic E-state index is 13.2. The molecule has 1 aliphatic heterocycles. The summed E-state index contributed by atoms with van der Waals surface area (Å²) < 4.78 is 112. The van der Waals surface area contributed by atoms with E-state index >= 15 is 0 Å². The number of aliphatic imine (C=N–C) groups is 3. The number of hydrogen-bond acceptors (Lipinski definition) is 15. The van der Waals surface area contributed by atoms with Gasteiger partial charge < -0.3 is 78.9 Å². The van der Waals surface area contributed by atoms with Crippen molar-refractivity contribution in [3.05, 3.63) is 53.5 Å². The number of carbonyl (C=O) groups is 6. The first-order chi connectivity index (χ1) is 30.3. The maximum atomic E-state index is 13.2. The minimum absolute atomic E-state index is 0.0121. The zero-order chi connectivity index (χ0) is 50.7. The van der Waals surface area contributed by atoms with Crippen LogP contribution in [0.3, 0.4) is 0 Å². The molecule has 4 heterocycles. The molecule has 0 saturated heterocycles. The Hall–Kier alpha value is -8.37. The number of oxazole rings is 3. The van der Waals surface area contributed by atoms with Crippen molar-refractivity contribution in [2.24, 2.45) is 49.4 Å². The largest absolute Gasteiger partial charge is 0.490 e. The molecule has 4 rings (SSSR count). The number of carbonyl (C=O) groups excluding carboxylic acids is 3. The fourth-order valence-corrected chi connectivity index (χ4v) is 4.09. The van der Waals surface area contributed by atoms with Crippen LogP contribution in [0.5, 0.6) is 0 Å². The van der Waals surface area contributed by atoms with Crippen LogP contribution in [-0.4, -0.2) is 122 Å². The molecule has 3 aromatic rings. The normalized spacial score (nSPS) is 16.1. The average Bonchev–Trinajstić information content (AvgIpc) is 3.98. The lowest BCUT2D eigenvalue weighted by atomic mass is 10.2. The molecule has 0 aromatic carbocycles. The zero-order valence-electron chi connectivity index (χ0n) is 32.8. The van der Waals surface area contributed by atoms with Crippen LogP contribution in [0.15, 0.2) is 47.0 Å². The van der Waals surface area contributed by atoms with Crippen molar-refractivity contribution in [1.29, 1.82) is 0 Å². The van der Waals surface area contributed by atoms with Crippen LogP contribution in [0.1, 0.15) is 86.5 Å². The summed E-state index contributed by atoms with van der Waals surface area (Å²) in [4.78, 5) is 90.9. The Bertz CT molecular complexity index is 1980. The third-order valence-corrected chi connectivity index (χ3v) is 6.94. The summed E-state index contributed by atoms with van der Waals surface area (Å²) in [5.74, 6) is -10.8. The van der Waals surface area contributed by atoms with Crippen molar-refractivity contribution >= 4 is 53.5 Å². The number of nitrogens with one attached hydrogen (secondary N) is 3. The molecule has 18 N–H and O–H groups in total. The van der Waals surface area contributed by atoms with Gasteiger partial charge in [0.2, 0.25) is 17.7 Å². The highest BCUT2D eigenvalue weighted by atomic mass is 19.4. The number of carboxylic acids is 3. The molecular formula is C30H36F9N15O12. The fourth-order valence-electron chi connectivity index (χ4n) is 4.09. The van der Waals surface area contributed by atoms with Crippen LogP contribution in [0, 0.1) is 0 Å². The van der Waals surface area contributed by atoms with E-state index in [1.165, 1.54) is 0 Å². The average molecular weight is 970 g/mol. The van der Waals surface area contributed by atoms with Crippen LogP contribution in [0.4, 0.5) is 39.5 Å². The quantitative estimate of drug-likeness (QED) is 0.0714.